The summed E-state index contributed by atoms with van der Waals surface area (Å²) in [6, 6.07) is 8.83. The SMILES string of the molecule is NC1(C(=O)c2ccccc2)N=C(N2CCOCC2)N=C2N=CN=C21. The van der Waals surface area contributed by atoms with Crippen LogP contribution in [0.2, 0.25) is 0 Å². The molecule has 0 saturated carbocycles. The molecule has 3 heterocycles. The maximum atomic E-state index is 13.0. The van der Waals surface area contributed by atoms with E-state index >= 15 is 0 Å². The zero-order valence-corrected chi connectivity index (χ0v) is 12.9. The third-order valence-corrected chi connectivity index (χ3v) is 4.10. The second kappa shape index (κ2) is 5.73. The van der Waals surface area contributed by atoms with Crippen molar-refractivity contribution in [1.82, 2.24) is 4.90 Å². The van der Waals surface area contributed by atoms with Crippen molar-refractivity contribution in [2.24, 2.45) is 25.7 Å². The van der Waals surface area contributed by atoms with Crippen LogP contribution in [0.25, 0.3) is 0 Å². The summed E-state index contributed by atoms with van der Waals surface area (Å²) in [6.07, 6.45) is 1.35. The van der Waals surface area contributed by atoms with E-state index in [1.54, 1.807) is 24.3 Å². The van der Waals surface area contributed by atoms with Gasteiger partial charge in [-0.2, -0.15) is 4.99 Å². The van der Waals surface area contributed by atoms with Crippen molar-refractivity contribution in [3.8, 4) is 0 Å². The van der Waals surface area contributed by atoms with Gasteiger partial charge in [-0.15, -0.1) is 0 Å². The molecule has 3 aliphatic heterocycles. The number of nitrogens with zero attached hydrogens (tertiary/aromatic N) is 5. The van der Waals surface area contributed by atoms with Gasteiger partial charge in [0.1, 0.15) is 12.1 Å². The van der Waals surface area contributed by atoms with E-state index in [-0.39, 0.29) is 11.5 Å². The van der Waals surface area contributed by atoms with E-state index < -0.39 is 5.66 Å². The first-order valence-electron chi connectivity index (χ1n) is 7.69. The van der Waals surface area contributed by atoms with Crippen LogP contribution in [-0.4, -0.2) is 66.5 Å². The number of amidine groups is 1. The quantitative estimate of drug-likeness (QED) is 0.779. The van der Waals surface area contributed by atoms with Gasteiger partial charge < -0.3 is 9.64 Å². The molecule has 3 aliphatic rings. The molecule has 4 rings (SSSR count). The number of Topliss-reactive ketones (excluding diaryl/α,β-unsaturated/α-hetero) is 1. The van der Waals surface area contributed by atoms with Gasteiger partial charge in [-0.05, 0) is 0 Å². The lowest BCUT2D eigenvalue weighted by Crippen LogP contribution is -2.59. The van der Waals surface area contributed by atoms with Crippen LogP contribution in [0.3, 0.4) is 0 Å². The second-order valence-electron chi connectivity index (χ2n) is 5.63. The number of ether oxygens (including phenoxy) is 1. The van der Waals surface area contributed by atoms with Crippen LogP contribution in [0.15, 0.2) is 50.3 Å². The van der Waals surface area contributed by atoms with Crippen molar-refractivity contribution in [2.45, 2.75) is 5.66 Å². The average molecular weight is 324 g/mol. The first-order chi connectivity index (χ1) is 11.7. The number of hydrogen-bond acceptors (Lipinski definition) is 8. The van der Waals surface area contributed by atoms with Crippen molar-refractivity contribution in [3.63, 3.8) is 0 Å². The summed E-state index contributed by atoms with van der Waals surface area (Å²) >= 11 is 0. The number of hydrogen-bond donors (Lipinski definition) is 1. The Bertz CT molecular complexity index is 792. The highest BCUT2D eigenvalue weighted by Crippen LogP contribution is 2.23. The van der Waals surface area contributed by atoms with Gasteiger partial charge in [-0.25, -0.2) is 15.0 Å². The summed E-state index contributed by atoms with van der Waals surface area (Å²) < 4.78 is 5.35. The Labute approximate surface area is 138 Å². The van der Waals surface area contributed by atoms with E-state index in [0.29, 0.717) is 43.7 Å². The lowest BCUT2D eigenvalue weighted by molar-refractivity contribution is 0.0671. The molecule has 0 radical (unpaired) electrons. The monoisotopic (exact) mass is 324 g/mol. The van der Waals surface area contributed by atoms with Crippen LogP contribution in [0.4, 0.5) is 0 Å². The Morgan fingerprint density at radius 2 is 1.96 bits per heavy atom. The number of ketones is 1. The highest BCUT2D eigenvalue weighted by molar-refractivity contribution is 6.55. The second-order valence-corrected chi connectivity index (χ2v) is 5.63. The summed E-state index contributed by atoms with van der Waals surface area (Å²) in [5.41, 5.74) is 5.57. The molecule has 8 nitrogen and oxygen atoms in total. The standard InChI is InChI=1S/C16H16N6O2/c17-16(13(23)11-4-2-1-3-5-11)12-14(19-10-18-12)20-15(21-16)22-6-8-24-9-7-22/h1-5,10H,6-9,17H2. The number of carbonyl (C=O) groups excluding carboxylic acids is 1. The van der Waals surface area contributed by atoms with Crippen LogP contribution >= 0.6 is 0 Å². The molecule has 1 unspecified atom stereocenters. The Hall–Kier alpha value is -2.71. The maximum Gasteiger partial charge on any atom is 0.225 e. The zero-order valence-electron chi connectivity index (χ0n) is 12.9. The number of guanidine groups is 1. The third kappa shape index (κ3) is 2.36. The molecule has 1 fully saturated rings. The molecular weight excluding hydrogens is 308 g/mol. The summed E-state index contributed by atoms with van der Waals surface area (Å²) in [5, 5.41) is 0. The van der Waals surface area contributed by atoms with E-state index in [0.717, 1.165) is 0 Å². The average Bonchev–Trinajstić information content (AvgIpc) is 3.12. The molecule has 1 saturated heterocycles. The highest BCUT2D eigenvalue weighted by Gasteiger charge is 2.47. The fourth-order valence-corrected chi connectivity index (χ4v) is 2.81. The molecule has 122 valence electrons. The van der Waals surface area contributed by atoms with Gasteiger partial charge in [0.2, 0.25) is 17.4 Å². The van der Waals surface area contributed by atoms with Gasteiger partial charge in [-0.3, -0.25) is 10.5 Å². The molecule has 0 bridgehead atoms. The predicted molar refractivity (Wildman–Crippen MR) is 90.9 cm³/mol. The minimum absolute atomic E-state index is 0.286. The minimum Gasteiger partial charge on any atom is -0.378 e. The Balaban J connectivity index is 1.76. The molecule has 0 aromatic heterocycles. The van der Waals surface area contributed by atoms with E-state index in [1.807, 2.05) is 11.0 Å². The van der Waals surface area contributed by atoms with Crippen LogP contribution in [0, 0.1) is 0 Å². The topological polar surface area (TPSA) is 105 Å². The number of carbonyl (C=O) groups is 1. The van der Waals surface area contributed by atoms with E-state index in [2.05, 4.69) is 20.0 Å². The maximum absolute atomic E-state index is 13.0. The van der Waals surface area contributed by atoms with Gasteiger partial charge in [0, 0.05) is 18.7 Å². The molecule has 0 amide bonds. The highest BCUT2D eigenvalue weighted by atomic mass is 16.5. The van der Waals surface area contributed by atoms with Crippen LogP contribution in [0.5, 0.6) is 0 Å². The molecule has 0 spiro atoms. The van der Waals surface area contributed by atoms with Gasteiger partial charge >= 0.3 is 0 Å². The molecule has 8 heteroatoms. The van der Waals surface area contributed by atoms with Crippen molar-refractivity contribution < 1.29 is 9.53 Å². The number of fused-ring (bicyclic) bond motifs is 1. The van der Waals surface area contributed by atoms with Crippen LogP contribution < -0.4 is 5.73 Å². The Morgan fingerprint density at radius 3 is 2.71 bits per heavy atom. The number of nitrogens with two attached hydrogens (primary N) is 1. The minimum atomic E-state index is -1.62. The van der Waals surface area contributed by atoms with E-state index in [1.165, 1.54) is 6.34 Å². The molecule has 0 aliphatic carbocycles. The summed E-state index contributed by atoms with van der Waals surface area (Å²) in [6.45, 7) is 2.44. The summed E-state index contributed by atoms with van der Waals surface area (Å²) in [7, 11) is 0. The lowest BCUT2D eigenvalue weighted by atomic mass is 9.93. The molecule has 24 heavy (non-hydrogen) atoms. The summed E-state index contributed by atoms with van der Waals surface area (Å²) in [5.74, 6) is 0.418. The number of aliphatic imine (C=N–C) groups is 4. The molecule has 1 atom stereocenters. The lowest BCUT2D eigenvalue weighted by Gasteiger charge is -2.33. The molecule has 2 N–H and O–H groups in total. The third-order valence-electron chi connectivity index (χ3n) is 4.10. The zero-order chi connectivity index (χ0) is 16.6. The fourth-order valence-electron chi connectivity index (χ4n) is 2.81. The van der Waals surface area contributed by atoms with Crippen molar-refractivity contribution in [1.29, 1.82) is 0 Å². The van der Waals surface area contributed by atoms with E-state index in [4.69, 9.17) is 10.5 Å². The Morgan fingerprint density at radius 1 is 1.21 bits per heavy atom. The Kier molecular flexibility index (Phi) is 3.55. The first-order valence-corrected chi connectivity index (χ1v) is 7.69. The normalized spacial score (nSPS) is 25.7. The van der Waals surface area contributed by atoms with Gasteiger partial charge in [0.25, 0.3) is 0 Å². The van der Waals surface area contributed by atoms with E-state index in [9.17, 15) is 4.79 Å². The molecule has 1 aromatic carbocycles. The van der Waals surface area contributed by atoms with Crippen molar-refractivity contribution in [2.75, 3.05) is 26.3 Å². The summed E-state index contributed by atoms with van der Waals surface area (Å²) in [4.78, 5) is 32.1. The van der Waals surface area contributed by atoms with Gasteiger partial charge in [0.05, 0.1) is 13.2 Å². The largest absolute Gasteiger partial charge is 0.378 e. The van der Waals surface area contributed by atoms with Crippen molar-refractivity contribution in [3.05, 3.63) is 35.9 Å². The number of morpholine rings is 1. The molecular formula is C16H16N6O2. The number of benzene rings is 1. The van der Waals surface area contributed by atoms with Crippen LogP contribution in [0.1, 0.15) is 10.4 Å². The smallest absolute Gasteiger partial charge is 0.225 e. The number of rotatable bonds is 2. The first kappa shape index (κ1) is 14.9. The fraction of sp³-hybridized carbons (Fsp3) is 0.312. The van der Waals surface area contributed by atoms with Crippen molar-refractivity contribution >= 4 is 29.6 Å². The van der Waals surface area contributed by atoms with Gasteiger partial charge in [0.15, 0.2) is 5.84 Å². The van der Waals surface area contributed by atoms with Crippen LogP contribution in [-0.2, 0) is 4.74 Å². The van der Waals surface area contributed by atoms with Gasteiger partial charge in [-0.1, -0.05) is 30.3 Å². The molecule has 1 aromatic rings. The predicted octanol–water partition coefficient (Wildman–Crippen LogP) is 0.107.